The Balaban J connectivity index is 2.25. The van der Waals surface area contributed by atoms with Crippen molar-refractivity contribution in [1.82, 2.24) is 0 Å². The van der Waals surface area contributed by atoms with Crippen LogP contribution in [0, 0.1) is 5.82 Å². The lowest BCUT2D eigenvalue weighted by atomic mass is 10.2. The van der Waals surface area contributed by atoms with E-state index in [0.717, 1.165) is 0 Å². The number of nitrogens with two attached hydrogens (primary N) is 1. The lowest BCUT2D eigenvalue weighted by Crippen LogP contribution is -2.26. The predicted molar refractivity (Wildman–Crippen MR) is 76.9 cm³/mol. The van der Waals surface area contributed by atoms with Gasteiger partial charge in [0, 0.05) is 18.3 Å². The summed E-state index contributed by atoms with van der Waals surface area (Å²) in [5, 5.41) is 5.00. The molecule has 0 fully saturated rings. The summed E-state index contributed by atoms with van der Waals surface area (Å²) in [4.78, 5) is 13.5. The number of anilines is 1. The third-order valence-corrected chi connectivity index (χ3v) is 3.88. The zero-order valence-corrected chi connectivity index (χ0v) is 12.0. The number of carbonyl (C=O) groups is 1. The summed E-state index contributed by atoms with van der Waals surface area (Å²) >= 11 is 0. The average Bonchev–Trinajstić information content (AvgIpc) is 2.46. The van der Waals surface area contributed by atoms with Gasteiger partial charge in [-0.3, -0.25) is 4.79 Å². The van der Waals surface area contributed by atoms with Crippen molar-refractivity contribution in [2.75, 3.05) is 11.9 Å². The van der Waals surface area contributed by atoms with Crippen molar-refractivity contribution in [2.24, 2.45) is 5.14 Å². The maximum absolute atomic E-state index is 12.8. The quantitative estimate of drug-likeness (QED) is 0.938. The highest BCUT2D eigenvalue weighted by Crippen LogP contribution is 2.18. The Labute approximate surface area is 121 Å². The second-order valence-corrected chi connectivity index (χ2v) is 5.97. The molecule has 0 spiro atoms. The molecule has 0 radical (unpaired) electrons. The number of hydrogen-bond acceptors (Lipinski definition) is 3. The van der Waals surface area contributed by atoms with E-state index in [-0.39, 0.29) is 10.8 Å². The van der Waals surface area contributed by atoms with E-state index >= 15 is 0 Å². The zero-order chi connectivity index (χ0) is 15.6. The van der Waals surface area contributed by atoms with Gasteiger partial charge in [0.25, 0.3) is 5.91 Å². The van der Waals surface area contributed by atoms with Gasteiger partial charge in [-0.1, -0.05) is 0 Å². The fourth-order valence-corrected chi connectivity index (χ4v) is 2.28. The van der Waals surface area contributed by atoms with Gasteiger partial charge in [-0.05, 0) is 48.5 Å². The molecule has 7 heteroatoms. The number of rotatable bonds is 3. The van der Waals surface area contributed by atoms with Gasteiger partial charge in [-0.25, -0.2) is 17.9 Å². The fourth-order valence-electron chi connectivity index (χ4n) is 1.76. The molecule has 0 saturated heterocycles. The van der Waals surface area contributed by atoms with E-state index in [9.17, 15) is 17.6 Å². The van der Waals surface area contributed by atoms with Crippen molar-refractivity contribution in [2.45, 2.75) is 4.90 Å². The van der Waals surface area contributed by atoms with E-state index in [1.807, 2.05) is 0 Å². The van der Waals surface area contributed by atoms with Crippen LogP contribution in [-0.4, -0.2) is 21.4 Å². The van der Waals surface area contributed by atoms with Crippen molar-refractivity contribution in [3.63, 3.8) is 0 Å². The van der Waals surface area contributed by atoms with Gasteiger partial charge < -0.3 is 4.90 Å². The minimum atomic E-state index is -3.77. The number of halogens is 1. The Hall–Kier alpha value is -2.25. The van der Waals surface area contributed by atoms with Gasteiger partial charge in [0.15, 0.2) is 0 Å². The standard InChI is InChI=1S/C14H13FN2O3S/c1-17(14(18)10-2-4-11(15)5-3-10)12-6-8-13(9-7-12)21(16,19)20/h2-9H,1H3,(H2,16,19,20). The molecule has 0 aliphatic rings. The monoisotopic (exact) mass is 308 g/mol. The molecule has 21 heavy (non-hydrogen) atoms. The van der Waals surface area contributed by atoms with Crippen LogP contribution >= 0.6 is 0 Å². The summed E-state index contributed by atoms with van der Waals surface area (Å²) in [6, 6.07) is 10.7. The molecule has 2 aromatic rings. The number of nitrogens with zero attached hydrogens (tertiary/aromatic N) is 1. The summed E-state index contributed by atoms with van der Waals surface area (Å²) < 4.78 is 35.2. The third kappa shape index (κ3) is 3.45. The lowest BCUT2D eigenvalue weighted by molar-refractivity contribution is 0.0993. The van der Waals surface area contributed by atoms with Crippen LogP contribution in [0.4, 0.5) is 10.1 Å². The van der Waals surface area contributed by atoms with Gasteiger partial charge in [0.05, 0.1) is 4.90 Å². The minimum Gasteiger partial charge on any atom is -0.311 e. The summed E-state index contributed by atoms with van der Waals surface area (Å²) in [5.41, 5.74) is 0.825. The van der Waals surface area contributed by atoms with E-state index in [4.69, 9.17) is 5.14 Å². The lowest BCUT2D eigenvalue weighted by Gasteiger charge is -2.17. The van der Waals surface area contributed by atoms with E-state index < -0.39 is 15.8 Å². The summed E-state index contributed by atoms with van der Waals surface area (Å²) in [6.45, 7) is 0. The molecule has 0 aliphatic carbocycles. The van der Waals surface area contributed by atoms with Gasteiger partial charge in [-0.2, -0.15) is 0 Å². The molecule has 0 saturated carbocycles. The van der Waals surface area contributed by atoms with Crippen molar-refractivity contribution in [1.29, 1.82) is 0 Å². The number of benzene rings is 2. The Bertz CT molecular complexity index is 756. The highest BCUT2D eigenvalue weighted by atomic mass is 32.2. The predicted octanol–water partition coefficient (Wildman–Crippen LogP) is 1.75. The molecule has 0 atom stereocenters. The maximum Gasteiger partial charge on any atom is 0.258 e. The van der Waals surface area contributed by atoms with Crippen LogP contribution in [0.1, 0.15) is 10.4 Å². The molecule has 2 rings (SSSR count). The number of primary sulfonamides is 1. The molecule has 110 valence electrons. The van der Waals surface area contributed by atoms with Crippen LogP contribution in [0.3, 0.4) is 0 Å². The molecule has 2 aromatic carbocycles. The van der Waals surface area contributed by atoms with Crippen LogP contribution in [-0.2, 0) is 10.0 Å². The Kier molecular flexibility index (Phi) is 4.06. The maximum atomic E-state index is 12.8. The van der Waals surface area contributed by atoms with Crippen molar-refractivity contribution in [3.05, 3.63) is 59.9 Å². The normalized spacial score (nSPS) is 11.2. The molecule has 1 amide bonds. The SMILES string of the molecule is CN(C(=O)c1ccc(F)cc1)c1ccc(S(N)(=O)=O)cc1. The second kappa shape index (κ2) is 5.63. The summed E-state index contributed by atoms with van der Waals surface area (Å²) in [6.07, 6.45) is 0. The number of hydrogen-bond donors (Lipinski definition) is 1. The van der Waals surface area contributed by atoms with Gasteiger partial charge in [0.1, 0.15) is 5.82 Å². The van der Waals surface area contributed by atoms with E-state index in [0.29, 0.717) is 11.3 Å². The van der Waals surface area contributed by atoms with Gasteiger partial charge in [-0.15, -0.1) is 0 Å². The van der Waals surface area contributed by atoms with Gasteiger partial charge in [0.2, 0.25) is 10.0 Å². The zero-order valence-electron chi connectivity index (χ0n) is 11.2. The van der Waals surface area contributed by atoms with Crippen LogP contribution in [0.15, 0.2) is 53.4 Å². The smallest absolute Gasteiger partial charge is 0.258 e. The number of amides is 1. The molecular weight excluding hydrogens is 295 g/mol. The summed E-state index contributed by atoms with van der Waals surface area (Å²) in [5.74, 6) is -0.759. The van der Waals surface area contributed by atoms with Crippen LogP contribution in [0.5, 0.6) is 0 Å². The fraction of sp³-hybridized carbons (Fsp3) is 0.0714. The largest absolute Gasteiger partial charge is 0.311 e. The van der Waals surface area contributed by atoms with E-state index in [1.54, 1.807) is 0 Å². The van der Waals surface area contributed by atoms with Gasteiger partial charge >= 0.3 is 0 Å². The molecule has 2 N–H and O–H groups in total. The van der Waals surface area contributed by atoms with Crippen LogP contribution in [0.25, 0.3) is 0 Å². The number of sulfonamides is 1. The Morgan fingerprint density at radius 2 is 1.57 bits per heavy atom. The van der Waals surface area contributed by atoms with E-state index in [2.05, 4.69) is 0 Å². The first-order valence-corrected chi connectivity index (χ1v) is 7.50. The van der Waals surface area contributed by atoms with Crippen molar-refractivity contribution < 1.29 is 17.6 Å². The molecule has 5 nitrogen and oxygen atoms in total. The first kappa shape index (κ1) is 15.1. The number of carbonyl (C=O) groups excluding carboxylic acids is 1. The first-order chi connectivity index (χ1) is 9.79. The van der Waals surface area contributed by atoms with Crippen LogP contribution in [0.2, 0.25) is 0 Å². The third-order valence-electron chi connectivity index (χ3n) is 2.95. The Morgan fingerprint density at radius 3 is 2.05 bits per heavy atom. The molecule has 0 unspecified atom stereocenters. The van der Waals surface area contributed by atoms with Crippen molar-refractivity contribution in [3.8, 4) is 0 Å². The molecular formula is C14H13FN2O3S. The second-order valence-electron chi connectivity index (χ2n) is 4.41. The molecule has 0 aliphatic heterocycles. The average molecular weight is 308 g/mol. The highest BCUT2D eigenvalue weighted by Gasteiger charge is 2.14. The highest BCUT2D eigenvalue weighted by molar-refractivity contribution is 7.89. The van der Waals surface area contributed by atoms with E-state index in [1.165, 1.54) is 60.5 Å². The molecule has 0 heterocycles. The summed E-state index contributed by atoms with van der Waals surface area (Å²) in [7, 11) is -2.23. The van der Waals surface area contributed by atoms with Crippen molar-refractivity contribution >= 4 is 21.6 Å². The molecule has 0 aromatic heterocycles. The first-order valence-electron chi connectivity index (χ1n) is 5.95. The topological polar surface area (TPSA) is 80.5 Å². The van der Waals surface area contributed by atoms with Crippen LogP contribution < -0.4 is 10.0 Å². The Morgan fingerprint density at radius 1 is 1.05 bits per heavy atom. The molecule has 0 bridgehead atoms. The minimum absolute atomic E-state index is 0.0334.